The minimum Gasteiger partial charge on any atom is -0.493 e. The first kappa shape index (κ1) is 22.4. The van der Waals surface area contributed by atoms with Gasteiger partial charge in [0.2, 0.25) is 0 Å². The minimum absolute atomic E-state index is 0.136. The molecule has 3 N–H and O–H groups in total. The Bertz CT molecular complexity index is 1560. The Morgan fingerprint density at radius 3 is 2.60 bits per heavy atom. The highest BCUT2D eigenvalue weighted by atomic mass is 32.1. The van der Waals surface area contributed by atoms with Crippen LogP contribution in [0.5, 0.6) is 11.5 Å². The van der Waals surface area contributed by atoms with E-state index >= 15 is 0 Å². The minimum atomic E-state index is -0.349. The Morgan fingerprint density at radius 1 is 1.09 bits per heavy atom. The number of nitrogens with zero attached hydrogens (tertiary/aromatic N) is 4. The number of fused-ring (bicyclic) bond motifs is 2. The average Bonchev–Trinajstić information content (AvgIpc) is 3.50. The van der Waals surface area contributed by atoms with Crippen molar-refractivity contribution in [1.82, 2.24) is 20.0 Å². The van der Waals surface area contributed by atoms with Crippen molar-refractivity contribution in [3.8, 4) is 11.5 Å². The Balaban J connectivity index is 1.63. The second-order valence-electron chi connectivity index (χ2n) is 7.55. The molecule has 0 unspecified atom stereocenters. The third-order valence-electron chi connectivity index (χ3n) is 5.45. The van der Waals surface area contributed by atoms with Gasteiger partial charge in [-0.1, -0.05) is 24.3 Å². The third-order valence-corrected chi connectivity index (χ3v) is 6.33. The number of amides is 1. The maximum atomic E-state index is 13.2. The largest absolute Gasteiger partial charge is 0.493 e. The van der Waals surface area contributed by atoms with Gasteiger partial charge in [0.1, 0.15) is 16.9 Å². The summed E-state index contributed by atoms with van der Waals surface area (Å²) in [6, 6.07) is 16.8. The lowest BCUT2D eigenvalue weighted by atomic mass is 10.2. The number of methoxy groups -OCH3 is 2. The van der Waals surface area contributed by atoms with Crippen LogP contribution in [0, 0.1) is 0 Å². The number of aromatic nitrogens is 3. The zero-order valence-electron chi connectivity index (χ0n) is 19.1. The highest BCUT2D eigenvalue weighted by molar-refractivity contribution is 7.09. The van der Waals surface area contributed by atoms with Crippen molar-refractivity contribution in [1.29, 1.82) is 0 Å². The van der Waals surface area contributed by atoms with E-state index in [0.717, 1.165) is 4.88 Å². The van der Waals surface area contributed by atoms with E-state index in [2.05, 4.69) is 10.4 Å². The molecule has 0 bridgehead atoms. The van der Waals surface area contributed by atoms with Gasteiger partial charge < -0.3 is 20.5 Å². The molecule has 5 rings (SSSR count). The third kappa shape index (κ3) is 4.15. The molecule has 0 aliphatic carbocycles. The van der Waals surface area contributed by atoms with E-state index in [4.69, 9.17) is 25.2 Å². The van der Waals surface area contributed by atoms with Crippen LogP contribution < -0.4 is 20.5 Å². The molecule has 0 atom stereocenters. The molecule has 35 heavy (non-hydrogen) atoms. The fourth-order valence-electron chi connectivity index (χ4n) is 3.79. The number of carbonyl (C=O) groups is 1. The zero-order valence-corrected chi connectivity index (χ0v) is 19.9. The maximum absolute atomic E-state index is 13.2. The number of hydrogen-bond acceptors (Lipinski definition) is 8. The summed E-state index contributed by atoms with van der Waals surface area (Å²) in [5.74, 6) is 0.885. The summed E-state index contributed by atoms with van der Waals surface area (Å²) in [5.41, 5.74) is 9.44. The monoisotopic (exact) mass is 486 g/mol. The number of para-hydroxylation sites is 3. The van der Waals surface area contributed by atoms with E-state index in [1.165, 1.54) is 4.68 Å². The van der Waals surface area contributed by atoms with E-state index in [9.17, 15) is 4.79 Å². The van der Waals surface area contributed by atoms with E-state index in [1.54, 1.807) is 37.8 Å². The Hall–Kier alpha value is -4.44. The van der Waals surface area contributed by atoms with Crippen LogP contribution >= 0.6 is 11.3 Å². The van der Waals surface area contributed by atoms with Crippen molar-refractivity contribution in [2.45, 2.75) is 6.54 Å². The van der Waals surface area contributed by atoms with E-state index < -0.39 is 0 Å². The fraction of sp³-hybridized carbons (Fsp3) is 0.120. The topological polar surface area (TPSA) is 117 Å². The number of nitrogens with one attached hydrogen (secondary N) is 1. The quantitative estimate of drug-likeness (QED) is 0.335. The summed E-state index contributed by atoms with van der Waals surface area (Å²) in [6.07, 6.45) is 1.58. The van der Waals surface area contributed by atoms with Crippen molar-refractivity contribution < 1.29 is 14.3 Å². The maximum Gasteiger partial charge on any atom is 0.257 e. The number of nitrogen functional groups attached to an aromatic ring is 1. The standard InChI is InChI=1S/C25H22N6O3S/c1-33-19-11-5-7-15(22(19)34-2)13-28-31-23(26)20(25(32)27-14-16-8-6-12-35-16)21-24(31)30-18-10-4-3-9-17(18)29-21/h3-13H,14,26H2,1-2H3,(H,27,32)/b28-13-. The van der Waals surface area contributed by atoms with Gasteiger partial charge in [0.15, 0.2) is 17.1 Å². The van der Waals surface area contributed by atoms with Gasteiger partial charge in [-0.25, -0.2) is 9.97 Å². The molecule has 9 nitrogen and oxygen atoms in total. The van der Waals surface area contributed by atoms with Gasteiger partial charge >= 0.3 is 0 Å². The molecule has 0 aliphatic rings. The van der Waals surface area contributed by atoms with Crippen LogP contribution in [0.3, 0.4) is 0 Å². The van der Waals surface area contributed by atoms with Crippen LogP contribution in [0.1, 0.15) is 20.8 Å². The number of hydrogen-bond donors (Lipinski definition) is 2. The van der Waals surface area contributed by atoms with Gasteiger partial charge in [-0.2, -0.15) is 9.78 Å². The summed E-state index contributed by atoms with van der Waals surface area (Å²) in [4.78, 5) is 23.7. The second-order valence-corrected chi connectivity index (χ2v) is 8.58. The van der Waals surface area contributed by atoms with Crippen molar-refractivity contribution in [2.24, 2.45) is 5.10 Å². The lowest BCUT2D eigenvalue weighted by Gasteiger charge is -2.09. The van der Waals surface area contributed by atoms with Gasteiger partial charge in [-0.15, -0.1) is 11.3 Å². The molecule has 3 aromatic heterocycles. The van der Waals surface area contributed by atoms with Crippen LogP contribution in [0.25, 0.3) is 22.2 Å². The second kappa shape index (κ2) is 9.43. The first-order valence-corrected chi connectivity index (χ1v) is 11.6. The number of nitrogens with two attached hydrogens (primary N) is 1. The Morgan fingerprint density at radius 2 is 1.89 bits per heavy atom. The van der Waals surface area contributed by atoms with Gasteiger partial charge in [-0.05, 0) is 35.7 Å². The average molecular weight is 487 g/mol. The Labute approximate surface area is 204 Å². The summed E-state index contributed by atoms with van der Waals surface area (Å²) in [6.45, 7) is 0.383. The van der Waals surface area contributed by atoms with E-state index in [1.807, 2.05) is 53.9 Å². The number of ether oxygens (including phenoxy) is 2. The molecule has 3 heterocycles. The van der Waals surface area contributed by atoms with Crippen molar-refractivity contribution in [2.75, 3.05) is 20.0 Å². The van der Waals surface area contributed by atoms with E-state index in [0.29, 0.717) is 45.8 Å². The summed E-state index contributed by atoms with van der Waals surface area (Å²) >= 11 is 1.56. The van der Waals surface area contributed by atoms with Crippen LogP contribution in [0.4, 0.5) is 5.82 Å². The normalized spacial score (nSPS) is 11.4. The van der Waals surface area contributed by atoms with Crippen LogP contribution in [-0.2, 0) is 6.54 Å². The van der Waals surface area contributed by atoms with Gasteiger partial charge in [0, 0.05) is 10.4 Å². The molecule has 0 fully saturated rings. The number of anilines is 1. The fourth-order valence-corrected chi connectivity index (χ4v) is 4.44. The summed E-state index contributed by atoms with van der Waals surface area (Å²) in [5, 5.41) is 9.44. The van der Waals surface area contributed by atoms with E-state index in [-0.39, 0.29) is 17.3 Å². The van der Waals surface area contributed by atoms with Crippen LogP contribution in [0.15, 0.2) is 65.1 Å². The first-order chi connectivity index (χ1) is 17.1. The molecule has 0 aliphatic heterocycles. The number of carbonyl (C=O) groups excluding carboxylic acids is 1. The molecule has 1 amide bonds. The highest BCUT2D eigenvalue weighted by Gasteiger charge is 2.24. The number of rotatable bonds is 7. The van der Waals surface area contributed by atoms with Gasteiger partial charge in [0.05, 0.1) is 38.0 Å². The predicted octanol–water partition coefficient (Wildman–Crippen LogP) is 4.06. The van der Waals surface area contributed by atoms with Crippen molar-refractivity contribution >= 4 is 51.5 Å². The molecule has 0 saturated carbocycles. The van der Waals surface area contributed by atoms with Crippen LogP contribution in [0.2, 0.25) is 0 Å². The molecule has 0 radical (unpaired) electrons. The SMILES string of the molecule is COc1cccc(/C=N\n2c(N)c(C(=O)NCc3cccs3)c3nc4ccccc4nc32)c1OC. The Kier molecular flexibility index (Phi) is 6.02. The zero-order chi connectivity index (χ0) is 24.4. The molecule has 0 spiro atoms. The molecule has 2 aromatic carbocycles. The molecular weight excluding hydrogens is 464 g/mol. The number of thiophene rings is 1. The molecule has 0 saturated heterocycles. The van der Waals surface area contributed by atoms with Crippen LogP contribution in [-0.4, -0.2) is 41.0 Å². The predicted molar refractivity (Wildman–Crippen MR) is 137 cm³/mol. The summed E-state index contributed by atoms with van der Waals surface area (Å²) < 4.78 is 12.3. The van der Waals surface area contributed by atoms with Crippen molar-refractivity contribution in [3.63, 3.8) is 0 Å². The smallest absolute Gasteiger partial charge is 0.257 e. The summed E-state index contributed by atoms with van der Waals surface area (Å²) in [7, 11) is 3.13. The molecule has 176 valence electrons. The molecule has 10 heteroatoms. The first-order valence-electron chi connectivity index (χ1n) is 10.7. The molecular formula is C25H22N6O3S. The lowest BCUT2D eigenvalue weighted by molar-refractivity contribution is 0.0953. The molecule has 5 aromatic rings. The van der Waals surface area contributed by atoms with Gasteiger partial charge in [0.25, 0.3) is 5.91 Å². The van der Waals surface area contributed by atoms with Gasteiger partial charge in [-0.3, -0.25) is 4.79 Å². The lowest BCUT2D eigenvalue weighted by Crippen LogP contribution is -2.23. The number of benzene rings is 2. The van der Waals surface area contributed by atoms with Crippen molar-refractivity contribution in [3.05, 3.63) is 76.0 Å². The highest BCUT2D eigenvalue weighted by Crippen LogP contribution is 2.31.